The van der Waals surface area contributed by atoms with Crippen LogP contribution in [0.5, 0.6) is 0 Å². The van der Waals surface area contributed by atoms with E-state index in [2.05, 4.69) is 10.3 Å². The van der Waals surface area contributed by atoms with E-state index < -0.39 is 0 Å². The maximum atomic E-state index is 12.8. The van der Waals surface area contributed by atoms with E-state index >= 15 is 0 Å². The average Bonchev–Trinajstić information content (AvgIpc) is 2.98. The Morgan fingerprint density at radius 2 is 1.92 bits per heavy atom. The molecular weight excluding hydrogens is 395 g/mol. The standard InChI is InChI=1S/C17H20Cl2N4O2S/c1-11-10-26-17(20-11)21-15(24)9-23(7-6-22(2)3)16(25)12-4-5-13(18)14(19)8-12/h4-5,8,10H,6-7,9H2,1-3H3,(H,20,21,24). The van der Waals surface area contributed by atoms with Gasteiger partial charge in [-0.3, -0.25) is 9.59 Å². The average molecular weight is 415 g/mol. The Bertz CT molecular complexity index is 795. The molecule has 2 rings (SSSR count). The van der Waals surface area contributed by atoms with Crippen LogP contribution in [0.4, 0.5) is 5.13 Å². The van der Waals surface area contributed by atoms with Crippen molar-refractivity contribution in [1.82, 2.24) is 14.8 Å². The minimum absolute atomic E-state index is 0.0778. The number of aromatic nitrogens is 1. The fourth-order valence-corrected chi connectivity index (χ4v) is 3.13. The first-order valence-corrected chi connectivity index (χ1v) is 9.51. The summed E-state index contributed by atoms with van der Waals surface area (Å²) in [5, 5.41) is 5.76. The van der Waals surface area contributed by atoms with E-state index in [4.69, 9.17) is 23.2 Å². The Balaban J connectivity index is 2.12. The molecule has 1 heterocycles. The summed E-state index contributed by atoms with van der Waals surface area (Å²) in [6.07, 6.45) is 0. The maximum absolute atomic E-state index is 12.8. The fourth-order valence-electron chi connectivity index (χ4n) is 2.13. The summed E-state index contributed by atoms with van der Waals surface area (Å²) < 4.78 is 0. The molecule has 6 nitrogen and oxygen atoms in total. The minimum atomic E-state index is -0.300. The third kappa shape index (κ3) is 5.95. The molecular formula is C17H20Cl2N4O2S. The Labute approximate surface area is 166 Å². The van der Waals surface area contributed by atoms with E-state index in [1.165, 1.54) is 22.3 Å². The molecule has 0 bridgehead atoms. The van der Waals surface area contributed by atoms with E-state index in [1.54, 1.807) is 12.1 Å². The van der Waals surface area contributed by atoms with Gasteiger partial charge in [-0.05, 0) is 39.2 Å². The Morgan fingerprint density at radius 3 is 2.50 bits per heavy atom. The highest BCUT2D eigenvalue weighted by Gasteiger charge is 2.20. The Morgan fingerprint density at radius 1 is 1.19 bits per heavy atom. The fraction of sp³-hybridized carbons (Fsp3) is 0.353. The van der Waals surface area contributed by atoms with Crippen molar-refractivity contribution in [2.24, 2.45) is 0 Å². The van der Waals surface area contributed by atoms with Crippen LogP contribution in [-0.2, 0) is 4.79 Å². The summed E-state index contributed by atoms with van der Waals surface area (Å²) in [7, 11) is 3.81. The van der Waals surface area contributed by atoms with Crippen LogP contribution in [-0.4, -0.2) is 60.3 Å². The summed E-state index contributed by atoms with van der Waals surface area (Å²) in [6.45, 7) is 2.79. The number of nitrogens with one attached hydrogen (secondary N) is 1. The molecule has 0 fully saturated rings. The van der Waals surface area contributed by atoms with Crippen molar-refractivity contribution in [2.75, 3.05) is 39.0 Å². The highest BCUT2D eigenvalue weighted by Crippen LogP contribution is 2.23. The molecule has 2 aromatic rings. The second-order valence-corrected chi connectivity index (χ2v) is 7.67. The van der Waals surface area contributed by atoms with Crippen molar-refractivity contribution in [3.8, 4) is 0 Å². The third-order valence-electron chi connectivity index (χ3n) is 3.47. The third-order valence-corrected chi connectivity index (χ3v) is 5.09. The van der Waals surface area contributed by atoms with Gasteiger partial charge in [-0.25, -0.2) is 4.98 Å². The zero-order valence-electron chi connectivity index (χ0n) is 14.8. The predicted molar refractivity (Wildman–Crippen MR) is 106 cm³/mol. The van der Waals surface area contributed by atoms with Gasteiger partial charge in [-0.15, -0.1) is 11.3 Å². The number of nitrogens with zero attached hydrogens (tertiary/aromatic N) is 3. The summed E-state index contributed by atoms with van der Waals surface area (Å²) in [5.74, 6) is -0.581. The second-order valence-electron chi connectivity index (χ2n) is 6.00. The van der Waals surface area contributed by atoms with Crippen LogP contribution in [0.1, 0.15) is 16.1 Å². The Hall–Kier alpha value is -1.67. The number of likely N-dealkylation sites (N-methyl/N-ethyl adjacent to an activating group) is 1. The molecule has 0 spiro atoms. The van der Waals surface area contributed by atoms with Crippen LogP contribution < -0.4 is 5.32 Å². The molecule has 0 radical (unpaired) electrons. The first-order chi connectivity index (χ1) is 12.3. The van der Waals surface area contributed by atoms with Crippen LogP contribution in [0.3, 0.4) is 0 Å². The molecule has 0 atom stereocenters. The zero-order valence-corrected chi connectivity index (χ0v) is 17.1. The zero-order chi connectivity index (χ0) is 19.3. The van der Waals surface area contributed by atoms with E-state index in [9.17, 15) is 9.59 Å². The minimum Gasteiger partial charge on any atom is -0.328 e. The van der Waals surface area contributed by atoms with Gasteiger partial charge >= 0.3 is 0 Å². The molecule has 0 aliphatic carbocycles. The monoisotopic (exact) mass is 414 g/mol. The predicted octanol–water partition coefficient (Wildman–Crippen LogP) is 3.40. The number of hydrogen-bond acceptors (Lipinski definition) is 5. The smallest absolute Gasteiger partial charge is 0.254 e. The van der Waals surface area contributed by atoms with Gasteiger partial charge in [0.05, 0.1) is 15.7 Å². The summed E-state index contributed by atoms with van der Waals surface area (Å²) in [6, 6.07) is 4.68. The molecule has 1 aromatic heterocycles. The van der Waals surface area contributed by atoms with Gasteiger partial charge < -0.3 is 15.1 Å². The van der Waals surface area contributed by atoms with Crippen LogP contribution in [0, 0.1) is 6.92 Å². The highest BCUT2D eigenvalue weighted by molar-refractivity contribution is 7.13. The molecule has 0 saturated carbocycles. The SMILES string of the molecule is Cc1csc(NC(=O)CN(CCN(C)C)C(=O)c2ccc(Cl)c(Cl)c2)n1. The maximum Gasteiger partial charge on any atom is 0.254 e. The lowest BCUT2D eigenvalue weighted by atomic mass is 10.2. The molecule has 26 heavy (non-hydrogen) atoms. The van der Waals surface area contributed by atoms with Crippen molar-refractivity contribution >= 4 is 51.5 Å². The first-order valence-electron chi connectivity index (χ1n) is 7.87. The number of anilines is 1. The van der Waals surface area contributed by atoms with Crippen molar-refractivity contribution in [3.05, 3.63) is 44.9 Å². The number of carbonyl (C=O) groups excluding carboxylic acids is 2. The molecule has 1 N–H and O–H groups in total. The molecule has 0 saturated heterocycles. The number of thiazole rings is 1. The second kappa shape index (κ2) is 9.32. The van der Waals surface area contributed by atoms with Crippen LogP contribution in [0.15, 0.2) is 23.6 Å². The number of carbonyl (C=O) groups is 2. The molecule has 0 aliphatic heterocycles. The van der Waals surface area contributed by atoms with Crippen LogP contribution in [0.2, 0.25) is 10.0 Å². The number of halogens is 2. The summed E-state index contributed by atoms with van der Waals surface area (Å²) >= 11 is 13.3. The van der Waals surface area contributed by atoms with Crippen LogP contribution >= 0.6 is 34.5 Å². The van der Waals surface area contributed by atoms with E-state index in [1.807, 2.05) is 31.3 Å². The van der Waals surface area contributed by atoms with Gasteiger partial charge in [-0.2, -0.15) is 0 Å². The van der Waals surface area contributed by atoms with Crippen molar-refractivity contribution in [1.29, 1.82) is 0 Å². The quantitative estimate of drug-likeness (QED) is 0.753. The lowest BCUT2D eigenvalue weighted by Gasteiger charge is -2.24. The number of amides is 2. The van der Waals surface area contributed by atoms with Gasteiger partial charge in [0.1, 0.15) is 6.54 Å². The topological polar surface area (TPSA) is 65.5 Å². The van der Waals surface area contributed by atoms with Gasteiger partial charge in [0.15, 0.2) is 5.13 Å². The molecule has 140 valence electrons. The van der Waals surface area contributed by atoms with E-state index in [0.29, 0.717) is 33.8 Å². The summed E-state index contributed by atoms with van der Waals surface area (Å²) in [4.78, 5) is 32.8. The largest absolute Gasteiger partial charge is 0.328 e. The van der Waals surface area contributed by atoms with E-state index in [-0.39, 0.29) is 18.4 Å². The number of benzene rings is 1. The molecule has 0 aliphatic rings. The van der Waals surface area contributed by atoms with Gasteiger partial charge in [0.25, 0.3) is 5.91 Å². The molecule has 9 heteroatoms. The lowest BCUT2D eigenvalue weighted by Crippen LogP contribution is -2.41. The van der Waals surface area contributed by atoms with E-state index in [0.717, 1.165) is 5.69 Å². The van der Waals surface area contributed by atoms with Crippen molar-refractivity contribution in [3.63, 3.8) is 0 Å². The van der Waals surface area contributed by atoms with Crippen LogP contribution in [0.25, 0.3) is 0 Å². The normalized spacial score (nSPS) is 10.8. The highest BCUT2D eigenvalue weighted by atomic mass is 35.5. The number of rotatable bonds is 7. The summed E-state index contributed by atoms with van der Waals surface area (Å²) in [5.41, 5.74) is 1.22. The molecule has 1 aromatic carbocycles. The number of hydrogen-bond donors (Lipinski definition) is 1. The lowest BCUT2D eigenvalue weighted by molar-refractivity contribution is -0.116. The number of aryl methyl sites for hydroxylation is 1. The van der Waals surface area contributed by atoms with Gasteiger partial charge in [0.2, 0.25) is 5.91 Å². The van der Waals surface area contributed by atoms with Gasteiger partial charge in [0, 0.05) is 24.0 Å². The molecule has 0 unspecified atom stereocenters. The first kappa shape index (κ1) is 20.6. The van der Waals surface area contributed by atoms with Gasteiger partial charge in [-0.1, -0.05) is 23.2 Å². The Kier molecular flexibility index (Phi) is 7.40. The van der Waals surface area contributed by atoms with Crippen molar-refractivity contribution < 1.29 is 9.59 Å². The molecule has 2 amide bonds. The van der Waals surface area contributed by atoms with Crippen molar-refractivity contribution in [2.45, 2.75) is 6.92 Å².